The molecule has 7 nitrogen and oxygen atoms in total. The summed E-state index contributed by atoms with van der Waals surface area (Å²) < 4.78 is 31.2. The Labute approximate surface area is 170 Å². The number of nitrogens with zero attached hydrogens (tertiary/aromatic N) is 3. The first-order valence-corrected chi connectivity index (χ1v) is 10.2. The monoisotopic (exact) mass is 488 g/mol. The Morgan fingerprint density at radius 1 is 1.32 bits per heavy atom. The second-order valence-electron chi connectivity index (χ2n) is 5.86. The topological polar surface area (TPSA) is 74.2 Å². The summed E-state index contributed by atoms with van der Waals surface area (Å²) in [6.45, 7) is 6.82. The largest absolute Gasteiger partial charge is 0.379 e. The zero-order valence-corrected chi connectivity index (χ0v) is 18.6. The van der Waals surface area contributed by atoms with Crippen LogP contribution in [0.15, 0.2) is 17.6 Å². The van der Waals surface area contributed by atoms with E-state index < -0.39 is 10.0 Å². The molecule has 9 heteroatoms. The average molecular weight is 488 g/mol. The van der Waals surface area contributed by atoms with Crippen LogP contribution in [0.3, 0.4) is 0 Å². The quantitative estimate of drug-likeness (QED) is 0.166. The Hall–Kier alpha value is -0.390. The maximum absolute atomic E-state index is 12.3. The van der Waals surface area contributed by atoms with Crippen molar-refractivity contribution >= 4 is 40.0 Å². The van der Waals surface area contributed by atoms with Gasteiger partial charge in [0.25, 0.3) is 0 Å². The number of unbranched alkanes of at least 4 members (excludes halogenated alkanes) is 3. The predicted molar refractivity (Wildman–Crippen MR) is 114 cm³/mol. The Morgan fingerprint density at radius 3 is 2.60 bits per heavy atom. The summed E-state index contributed by atoms with van der Waals surface area (Å²) in [7, 11) is 0.455. The molecule has 0 aromatic carbocycles. The van der Waals surface area contributed by atoms with E-state index in [1.807, 2.05) is 18.0 Å². The van der Waals surface area contributed by atoms with Gasteiger partial charge in [0.2, 0.25) is 10.0 Å². The lowest BCUT2D eigenvalue weighted by Gasteiger charge is -2.26. The summed E-state index contributed by atoms with van der Waals surface area (Å²) in [6.07, 6.45) is 6.38. The van der Waals surface area contributed by atoms with E-state index in [0.29, 0.717) is 32.8 Å². The fraction of sp³-hybridized carbons (Fsp3) is 0.812. The Kier molecular flexibility index (Phi) is 13.6. The first-order chi connectivity index (χ1) is 11.5. The molecule has 0 amide bonds. The molecule has 0 aliphatic carbocycles. The number of nitrogens with one attached hydrogen (secondary N) is 1. The van der Waals surface area contributed by atoms with E-state index in [-0.39, 0.29) is 29.7 Å². The molecule has 0 spiro atoms. The summed E-state index contributed by atoms with van der Waals surface area (Å²) in [6, 6.07) is 0. The van der Waals surface area contributed by atoms with Crippen LogP contribution in [0.1, 0.15) is 25.7 Å². The number of morpholine rings is 1. The minimum Gasteiger partial charge on any atom is -0.379 e. The van der Waals surface area contributed by atoms with Crippen molar-refractivity contribution in [1.82, 2.24) is 14.5 Å². The van der Waals surface area contributed by atoms with Gasteiger partial charge in [-0.25, -0.2) is 8.42 Å². The zero-order chi connectivity index (χ0) is 17.8. The fourth-order valence-corrected chi connectivity index (χ4v) is 3.87. The van der Waals surface area contributed by atoms with Gasteiger partial charge in [-0.2, -0.15) is 4.31 Å². The first-order valence-electron chi connectivity index (χ1n) is 8.59. The molecule has 1 aliphatic rings. The average Bonchev–Trinajstić information content (AvgIpc) is 2.59. The number of aliphatic imine (C=N–C) groups is 1. The molecule has 0 radical (unpaired) electrons. The number of rotatable bonds is 10. The van der Waals surface area contributed by atoms with E-state index in [9.17, 15) is 8.42 Å². The van der Waals surface area contributed by atoms with E-state index in [0.717, 1.165) is 38.2 Å². The highest BCUT2D eigenvalue weighted by molar-refractivity contribution is 14.0. The second-order valence-corrected chi connectivity index (χ2v) is 7.95. The van der Waals surface area contributed by atoms with Gasteiger partial charge in [0, 0.05) is 40.3 Å². The molecule has 0 unspecified atom stereocenters. The summed E-state index contributed by atoms with van der Waals surface area (Å²) in [4.78, 5) is 6.26. The smallest absolute Gasteiger partial charge is 0.215 e. The SMILES string of the molecule is C=CCCCCCN(C)C(=NC)NCCS(=O)(=O)N1CCOCC1.I. The number of sulfonamides is 1. The van der Waals surface area contributed by atoms with E-state index in [1.54, 1.807) is 7.05 Å². The van der Waals surface area contributed by atoms with Crippen molar-refractivity contribution in [2.24, 2.45) is 4.99 Å². The van der Waals surface area contributed by atoms with Gasteiger partial charge >= 0.3 is 0 Å². The molecule has 1 aliphatic heterocycles. The molecule has 1 fully saturated rings. The van der Waals surface area contributed by atoms with Gasteiger partial charge in [0.05, 0.1) is 19.0 Å². The van der Waals surface area contributed by atoms with Crippen molar-refractivity contribution < 1.29 is 13.2 Å². The van der Waals surface area contributed by atoms with Crippen LogP contribution in [0, 0.1) is 0 Å². The second kappa shape index (κ2) is 13.8. The molecule has 0 aromatic heterocycles. The highest BCUT2D eigenvalue weighted by Gasteiger charge is 2.23. The van der Waals surface area contributed by atoms with Crippen molar-refractivity contribution in [2.75, 3.05) is 59.2 Å². The number of allylic oxidation sites excluding steroid dienone is 1. The van der Waals surface area contributed by atoms with Crippen molar-refractivity contribution in [1.29, 1.82) is 0 Å². The maximum atomic E-state index is 12.3. The van der Waals surface area contributed by atoms with Gasteiger partial charge < -0.3 is 15.0 Å². The summed E-state index contributed by atoms with van der Waals surface area (Å²) in [5, 5.41) is 3.14. The summed E-state index contributed by atoms with van der Waals surface area (Å²) in [5.41, 5.74) is 0. The van der Waals surface area contributed by atoms with Crippen molar-refractivity contribution in [3.63, 3.8) is 0 Å². The van der Waals surface area contributed by atoms with Crippen LogP contribution < -0.4 is 5.32 Å². The highest BCUT2D eigenvalue weighted by Crippen LogP contribution is 2.05. The molecular formula is C16H33IN4O3S. The standard InChI is InChI=1S/C16H32N4O3S.HI/c1-4-5-6-7-8-10-19(3)16(17-2)18-9-15-24(21,22)20-11-13-23-14-12-20;/h4H,1,5-15H2,2-3H3,(H,17,18);1H. The normalized spacial score (nSPS) is 16.2. The molecule has 1 N–H and O–H groups in total. The van der Waals surface area contributed by atoms with Crippen LogP contribution >= 0.6 is 24.0 Å². The molecule has 1 heterocycles. The van der Waals surface area contributed by atoms with Gasteiger partial charge in [0.1, 0.15) is 0 Å². The maximum Gasteiger partial charge on any atom is 0.215 e. The van der Waals surface area contributed by atoms with Gasteiger partial charge in [-0.3, -0.25) is 4.99 Å². The predicted octanol–water partition coefficient (Wildman–Crippen LogP) is 1.52. The Morgan fingerprint density at radius 2 is 2.00 bits per heavy atom. The van der Waals surface area contributed by atoms with Crippen molar-refractivity contribution in [3.8, 4) is 0 Å². The third-order valence-corrected chi connectivity index (χ3v) is 5.85. The van der Waals surface area contributed by atoms with Crippen LogP contribution in [0.25, 0.3) is 0 Å². The minimum atomic E-state index is -3.23. The van der Waals surface area contributed by atoms with Crippen LogP contribution in [0.4, 0.5) is 0 Å². The molecule has 25 heavy (non-hydrogen) atoms. The molecule has 0 atom stereocenters. The van der Waals surface area contributed by atoms with Crippen LogP contribution in [0.5, 0.6) is 0 Å². The number of halogens is 1. The van der Waals surface area contributed by atoms with Crippen LogP contribution in [-0.4, -0.2) is 82.8 Å². The lowest BCUT2D eigenvalue weighted by molar-refractivity contribution is 0.0730. The number of hydrogen-bond donors (Lipinski definition) is 1. The number of guanidine groups is 1. The molecule has 0 aromatic rings. The van der Waals surface area contributed by atoms with E-state index >= 15 is 0 Å². The van der Waals surface area contributed by atoms with Gasteiger partial charge in [0.15, 0.2) is 5.96 Å². The summed E-state index contributed by atoms with van der Waals surface area (Å²) >= 11 is 0. The third-order valence-electron chi connectivity index (χ3n) is 3.98. The van der Waals surface area contributed by atoms with Crippen LogP contribution in [-0.2, 0) is 14.8 Å². The van der Waals surface area contributed by atoms with E-state index in [4.69, 9.17) is 4.74 Å². The fourth-order valence-electron chi connectivity index (χ4n) is 2.55. The molecular weight excluding hydrogens is 455 g/mol. The van der Waals surface area contributed by atoms with Crippen molar-refractivity contribution in [2.45, 2.75) is 25.7 Å². The van der Waals surface area contributed by atoms with E-state index in [2.05, 4.69) is 16.9 Å². The summed E-state index contributed by atoms with van der Waals surface area (Å²) in [5.74, 6) is 0.801. The lowest BCUT2D eigenvalue weighted by Crippen LogP contribution is -2.45. The van der Waals surface area contributed by atoms with Gasteiger partial charge in [-0.05, 0) is 19.3 Å². The number of hydrogen-bond acceptors (Lipinski definition) is 4. The van der Waals surface area contributed by atoms with Crippen LogP contribution in [0.2, 0.25) is 0 Å². The van der Waals surface area contributed by atoms with Gasteiger partial charge in [-0.1, -0.05) is 12.5 Å². The molecule has 0 bridgehead atoms. The third kappa shape index (κ3) is 9.76. The first kappa shape index (κ1) is 24.6. The molecule has 1 saturated heterocycles. The zero-order valence-electron chi connectivity index (χ0n) is 15.4. The molecule has 0 saturated carbocycles. The molecule has 148 valence electrons. The Bertz CT molecular complexity index is 494. The highest BCUT2D eigenvalue weighted by atomic mass is 127. The van der Waals surface area contributed by atoms with E-state index in [1.165, 1.54) is 4.31 Å². The van der Waals surface area contributed by atoms with Gasteiger partial charge in [-0.15, -0.1) is 30.6 Å². The lowest BCUT2D eigenvalue weighted by atomic mass is 10.2. The van der Waals surface area contributed by atoms with Crippen molar-refractivity contribution in [3.05, 3.63) is 12.7 Å². The Balaban J connectivity index is 0.00000576. The molecule has 1 rings (SSSR count). The number of ether oxygens (including phenoxy) is 1. The minimum absolute atomic E-state index is 0.